The zero-order chi connectivity index (χ0) is 33.8. The smallest absolute Gasteiger partial charge is 0.0992 e. The lowest BCUT2D eigenvalue weighted by atomic mass is 9.87. The standard InChI is InChI=1S/C45H31N5/c46-26-29-16-21-44-40(24-29)39-11-3-6-15-43(39)50(44)45-33(28-48)8-7-12-36(45)32-19-17-31(18-20-32)34-22-30(27-47)23-35(25-34)49-41-13-4-1-9-37(41)38-10-2-5-14-42(38)49/h1,3-7,9,11-25,33,37,41H,2,8,10H2. The number of benzene rings is 4. The maximum absolute atomic E-state index is 10.4. The van der Waals surface area contributed by atoms with Crippen LogP contribution in [0.25, 0.3) is 44.2 Å². The first-order valence-corrected chi connectivity index (χ1v) is 17.1. The minimum absolute atomic E-state index is 0.195. The van der Waals surface area contributed by atoms with E-state index in [0.29, 0.717) is 23.5 Å². The van der Waals surface area contributed by atoms with Crippen molar-refractivity contribution in [2.75, 3.05) is 4.90 Å². The number of para-hydroxylation sites is 1. The maximum Gasteiger partial charge on any atom is 0.0992 e. The third-order valence-electron chi connectivity index (χ3n) is 10.6. The number of rotatable bonds is 4. The zero-order valence-electron chi connectivity index (χ0n) is 27.3. The molecule has 50 heavy (non-hydrogen) atoms. The highest BCUT2D eigenvalue weighted by molar-refractivity contribution is 6.12. The van der Waals surface area contributed by atoms with E-state index in [2.05, 4.69) is 119 Å². The van der Waals surface area contributed by atoms with E-state index in [0.717, 1.165) is 68.3 Å². The summed E-state index contributed by atoms with van der Waals surface area (Å²) >= 11 is 0. The molecule has 5 nitrogen and oxygen atoms in total. The molecule has 0 amide bonds. The van der Waals surface area contributed by atoms with Crippen molar-refractivity contribution in [1.29, 1.82) is 15.8 Å². The van der Waals surface area contributed by atoms with Crippen LogP contribution >= 0.6 is 0 Å². The monoisotopic (exact) mass is 641 g/mol. The van der Waals surface area contributed by atoms with Gasteiger partial charge in [-0.2, -0.15) is 15.8 Å². The first-order chi connectivity index (χ1) is 24.7. The first kappa shape index (κ1) is 29.5. The van der Waals surface area contributed by atoms with Gasteiger partial charge in [0.25, 0.3) is 0 Å². The molecule has 0 saturated heterocycles. The van der Waals surface area contributed by atoms with Gasteiger partial charge in [0.05, 0.1) is 52.3 Å². The molecule has 5 heteroatoms. The average molecular weight is 642 g/mol. The fraction of sp³-hybridized carbons (Fsp3) is 0.133. The lowest BCUT2D eigenvalue weighted by Crippen LogP contribution is -2.32. The summed E-state index contributed by atoms with van der Waals surface area (Å²) in [5.41, 5.74) is 11.9. The number of nitrogens with zero attached hydrogens (tertiary/aromatic N) is 5. The van der Waals surface area contributed by atoms with Crippen molar-refractivity contribution in [1.82, 2.24) is 4.57 Å². The van der Waals surface area contributed by atoms with Crippen LogP contribution in [0.3, 0.4) is 0 Å². The minimum atomic E-state index is -0.347. The summed E-state index contributed by atoms with van der Waals surface area (Å²) in [4.78, 5) is 2.41. The molecule has 0 fully saturated rings. The van der Waals surface area contributed by atoms with Crippen molar-refractivity contribution < 1.29 is 0 Å². The molecule has 5 aromatic rings. The van der Waals surface area contributed by atoms with Gasteiger partial charge in [-0.15, -0.1) is 0 Å². The Kier molecular flexibility index (Phi) is 6.98. The van der Waals surface area contributed by atoms with Gasteiger partial charge in [-0.25, -0.2) is 0 Å². The van der Waals surface area contributed by atoms with Gasteiger partial charge in [-0.05, 0) is 90.1 Å². The average Bonchev–Trinajstić information content (AvgIpc) is 3.70. The van der Waals surface area contributed by atoms with Crippen LogP contribution in [0, 0.1) is 45.8 Å². The Morgan fingerprint density at radius 1 is 0.680 bits per heavy atom. The van der Waals surface area contributed by atoms with Gasteiger partial charge >= 0.3 is 0 Å². The number of allylic oxidation sites excluding steroid dienone is 8. The summed E-state index contributed by atoms with van der Waals surface area (Å²) in [6.45, 7) is 0. The molecule has 3 aliphatic carbocycles. The van der Waals surface area contributed by atoms with E-state index < -0.39 is 0 Å². The number of fused-ring (bicyclic) bond motifs is 5. The van der Waals surface area contributed by atoms with Crippen molar-refractivity contribution in [2.24, 2.45) is 11.8 Å². The van der Waals surface area contributed by atoms with E-state index in [1.807, 2.05) is 42.5 Å². The van der Waals surface area contributed by atoms with Crippen LogP contribution in [0.4, 0.5) is 5.69 Å². The van der Waals surface area contributed by atoms with E-state index in [-0.39, 0.29) is 12.0 Å². The van der Waals surface area contributed by atoms with Gasteiger partial charge in [0.1, 0.15) is 0 Å². The molecule has 1 aromatic heterocycles. The van der Waals surface area contributed by atoms with Crippen molar-refractivity contribution in [3.8, 4) is 29.3 Å². The Hall–Kier alpha value is -6.61. The van der Waals surface area contributed by atoms with E-state index in [1.165, 1.54) is 11.3 Å². The van der Waals surface area contributed by atoms with Crippen molar-refractivity contribution >= 4 is 38.8 Å². The summed E-state index contributed by atoms with van der Waals surface area (Å²) in [5.74, 6) is -0.000176. The second-order valence-electron chi connectivity index (χ2n) is 13.3. The van der Waals surface area contributed by atoms with Gasteiger partial charge in [0.2, 0.25) is 0 Å². The van der Waals surface area contributed by atoms with Gasteiger partial charge in [-0.1, -0.05) is 85.0 Å². The van der Waals surface area contributed by atoms with Crippen molar-refractivity contribution in [2.45, 2.75) is 25.3 Å². The van der Waals surface area contributed by atoms with Crippen LogP contribution in [0.5, 0.6) is 0 Å². The Morgan fingerprint density at radius 3 is 2.32 bits per heavy atom. The third-order valence-corrected chi connectivity index (χ3v) is 10.6. The summed E-state index contributed by atoms with van der Waals surface area (Å²) in [7, 11) is 0. The van der Waals surface area contributed by atoms with Crippen LogP contribution in [-0.2, 0) is 0 Å². The molecule has 3 atom stereocenters. The fourth-order valence-electron chi connectivity index (χ4n) is 8.34. The van der Waals surface area contributed by atoms with E-state index in [1.54, 1.807) is 0 Å². The molecule has 4 aromatic carbocycles. The molecule has 236 valence electrons. The Balaban J connectivity index is 1.16. The second kappa shape index (κ2) is 11.8. The van der Waals surface area contributed by atoms with E-state index in [9.17, 15) is 15.8 Å². The number of anilines is 1. The predicted molar refractivity (Wildman–Crippen MR) is 200 cm³/mol. The predicted octanol–water partition coefficient (Wildman–Crippen LogP) is 10.2. The summed E-state index contributed by atoms with van der Waals surface area (Å²) in [6, 6.07) is 36.2. The molecule has 0 spiro atoms. The molecular weight excluding hydrogens is 611 g/mol. The highest BCUT2D eigenvalue weighted by Crippen LogP contribution is 2.46. The third kappa shape index (κ3) is 4.58. The number of nitriles is 3. The second-order valence-corrected chi connectivity index (χ2v) is 13.3. The largest absolute Gasteiger partial charge is 0.334 e. The van der Waals surface area contributed by atoms with Crippen molar-refractivity contribution in [3.05, 3.63) is 161 Å². The summed E-state index contributed by atoms with van der Waals surface area (Å²) in [5, 5.41) is 32.3. The molecule has 0 N–H and O–H groups in total. The van der Waals surface area contributed by atoms with E-state index >= 15 is 0 Å². The molecule has 3 unspecified atom stereocenters. The van der Waals surface area contributed by atoms with E-state index in [4.69, 9.17) is 0 Å². The lowest BCUT2D eigenvalue weighted by Gasteiger charge is -2.30. The van der Waals surface area contributed by atoms with Gasteiger partial charge in [0.15, 0.2) is 0 Å². The molecule has 0 bridgehead atoms. The Morgan fingerprint density at radius 2 is 1.48 bits per heavy atom. The SMILES string of the molecule is N#Cc1cc(-c2ccc(C3=C(n4c5ccccc5c5cc(C#N)ccc54)C(C#N)CC=C3)cc2)cc(N2C3=C(CCC=C3)C3C=CC=CC32)c1. The molecule has 4 aliphatic rings. The number of hydrogen-bond donors (Lipinski definition) is 0. The van der Waals surface area contributed by atoms with Crippen LogP contribution in [0.1, 0.15) is 36.0 Å². The fourth-order valence-corrected chi connectivity index (χ4v) is 8.34. The Bertz CT molecular complexity index is 2560. The number of hydrogen-bond acceptors (Lipinski definition) is 4. The quantitative estimate of drug-likeness (QED) is 0.196. The van der Waals surface area contributed by atoms with Crippen molar-refractivity contribution in [3.63, 3.8) is 0 Å². The summed E-state index contributed by atoms with van der Waals surface area (Å²) < 4.78 is 2.22. The molecule has 0 saturated carbocycles. The minimum Gasteiger partial charge on any atom is -0.334 e. The number of aromatic nitrogens is 1. The lowest BCUT2D eigenvalue weighted by molar-refractivity contribution is 0.658. The highest BCUT2D eigenvalue weighted by Gasteiger charge is 2.39. The zero-order valence-corrected chi connectivity index (χ0v) is 27.3. The molecule has 1 aliphatic heterocycles. The first-order valence-electron chi connectivity index (χ1n) is 17.1. The van der Waals surface area contributed by atoms with Gasteiger partial charge in [0, 0.05) is 39.3 Å². The molecule has 9 rings (SSSR count). The Labute approximate surface area is 291 Å². The van der Waals surface area contributed by atoms with Crippen LogP contribution in [0.2, 0.25) is 0 Å². The maximum atomic E-state index is 10.4. The molecular formula is C45H31N5. The highest BCUT2D eigenvalue weighted by atomic mass is 15.2. The molecule has 0 radical (unpaired) electrons. The van der Waals surface area contributed by atoms with Crippen LogP contribution in [-0.4, -0.2) is 10.6 Å². The normalized spacial score (nSPS) is 20.6. The molecule has 2 heterocycles. The van der Waals surface area contributed by atoms with Crippen LogP contribution < -0.4 is 4.90 Å². The van der Waals surface area contributed by atoms with Crippen LogP contribution in [0.15, 0.2) is 145 Å². The van der Waals surface area contributed by atoms with Gasteiger partial charge < -0.3 is 9.47 Å². The van der Waals surface area contributed by atoms with Gasteiger partial charge in [-0.3, -0.25) is 0 Å². The topological polar surface area (TPSA) is 79.5 Å². The summed E-state index contributed by atoms with van der Waals surface area (Å²) in [6.07, 6.45) is 20.4.